The van der Waals surface area contributed by atoms with Gasteiger partial charge >= 0.3 is 6.03 Å². The van der Waals surface area contributed by atoms with E-state index in [1.807, 2.05) is 18.2 Å². The van der Waals surface area contributed by atoms with Gasteiger partial charge in [-0.05, 0) is 95.2 Å². The predicted molar refractivity (Wildman–Crippen MR) is 224 cm³/mol. The highest BCUT2D eigenvalue weighted by molar-refractivity contribution is 5.76. The molecule has 0 unspecified atom stereocenters. The molecule has 3 N–H and O–H groups in total. The molecule has 5 aromatic carbocycles. The van der Waals surface area contributed by atoms with Gasteiger partial charge in [0.1, 0.15) is 0 Å². The van der Waals surface area contributed by atoms with Crippen LogP contribution < -0.4 is 10.6 Å². The molecule has 5 aromatic rings. The van der Waals surface area contributed by atoms with Gasteiger partial charge in [0.05, 0.1) is 18.8 Å². The van der Waals surface area contributed by atoms with Gasteiger partial charge in [-0.3, -0.25) is 4.90 Å². The molecule has 4 bridgehead atoms. The summed E-state index contributed by atoms with van der Waals surface area (Å²) in [6.45, 7) is 2.83. The second kappa shape index (κ2) is 17.0. The fraction of sp³-hybridized carbons (Fsp3) is 0.380. The average Bonchev–Trinajstić information content (AvgIpc) is 3.23. The van der Waals surface area contributed by atoms with Crippen LogP contribution in [0.25, 0.3) is 11.1 Å². The minimum Gasteiger partial charge on any atom is -0.392 e. The smallest absolute Gasteiger partial charge is 0.315 e. The van der Waals surface area contributed by atoms with Crippen molar-refractivity contribution in [3.8, 4) is 11.1 Å². The molecule has 1 saturated heterocycles. The Kier molecular flexibility index (Phi) is 11.2. The highest BCUT2D eigenvalue weighted by atomic mass is 16.7. The molecule has 1 aliphatic heterocycles. The molecule has 5 aliphatic rings. The summed E-state index contributed by atoms with van der Waals surface area (Å²) in [5.74, 6) is 2.36. The van der Waals surface area contributed by atoms with E-state index in [2.05, 4.69) is 131 Å². The van der Waals surface area contributed by atoms with Gasteiger partial charge in [-0.25, -0.2) is 4.79 Å². The highest BCUT2D eigenvalue weighted by Gasteiger charge is 2.51. The van der Waals surface area contributed by atoms with Crippen molar-refractivity contribution < 1.29 is 19.4 Å². The normalized spacial score (nSPS) is 26.4. The summed E-state index contributed by atoms with van der Waals surface area (Å²) in [6.07, 6.45) is 7.39. The maximum absolute atomic E-state index is 13.3. The lowest BCUT2D eigenvalue weighted by atomic mass is 9.53. The maximum Gasteiger partial charge on any atom is 0.315 e. The van der Waals surface area contributed by atoms with Gasteiger partial charge < -0.3 is 25.2 Å². The Morgan fingerprint density at radius 1 is 0.649 bits per heavy atom. The van der Waals surface area contributed by atoms with Gasteiger partial charge in [0, 0.05) is 43.7 Å². The monoisotopic (exact) mass is 761 g/mol. The fourth-order valence-corrected chi connectivity index (χ4v) is 10.7. The molecule has 0 aromatic heterocycles. The number of carbonyl (C=O) groups excluding carboxylic acids is 1. The van der Waals surface area contributed by atoms with Crippen LogP contribution in [0.5, 0.6) is 0 Å². The Balaban J connectivity index is 0.910. The Morgan fingerprint density at radius 3 is 1.84 bits per heavy atom. The Morgan fingerprint density at radius 2 is 1.23 bits per heavy atom. The lowest BCUT2D eigenvalue weighted by Gasteiger charge is -2.56. The van der Waals surface area contributed by atoms with Crippen LogP contribution in [0.15, 0.2) is 133 Å². The molecule has 7 nitrogen and oxygen atoms in total. The number of benzene rings is 5. The molecule has 5 fully saturated rings. The van der Waals surface area contributed by atoms with E-state index >= 15 is 0 Å². The number of aliphatic hydroxyl groups excluding tert-OH is 1. The second-order valence-corrected chi connectivity index (χ2v) is 17.3. The number of amides is 2. The van der Waals surface area contributed by atoms with Gasteiger partial charge in [-0.1, -0.05) is 133 Å². The topological polar surface area (TPSA) is 83.1 Å². The molecule has 57 heavy (non-hydrogen) atoms. The third-order valence-electron chi connectivity index (χ3n) is 12.9. The van der Waals surface area contributed by atoms with Crippen LogP contribution in [0.2, 0.25) is 0 Å². The molecule has 3 atom stereocenters. The molecule has 7 heteroatoms. The quantitative estimate of drug-likeness (QED) is 0.111. The molecule has 2 amide bonds. The summed E-state index contributed by atoms with van der Waals surface area (Å²) < 4.78 is 13.6. The van der Waals surface area contributed by atoms with Crippen LogP contribution in [-0.4, -0.2) is 34.2 Å². The summed E-state index contributed by atoms with van der Waals surface area (Å²) in [5, 5.41) is 16.4. The first-order valence-electron chi connectivity index (χ1n) is 21.0. The zero-order valence-corrected chi connectivity index (χ0v) is 32.8. The van der Waals surface area contributed by atoms with E-state index in [0.29, 0.717) is 13.0 Å². The number of urea groups is 1. The van der Waals surface area contributed by atoms with Crippen LogP contribution in [0, 0.1) is 17.8 Å². The van der Waals surface area contributed by atoms with E-state index in [9.17, 15) is 9.90 Å². The average molecular weight is 762 g/mol. The SMILES string of the molecule is O=C(NCc1ccccc1-c1ccc([C@@H]2O[C@H](CN(Cc3ccccc3)Cc3ccccc3)C[C@H](c3ccc(CO)cc3)O2)cc1)NC12CC3CC(CC(C3)C1)C2. The number of hydrogen-bond donors (Lipinski definition) is 3. The van der Waals surface area contributed by atoms with Crippen molar-refractivity contribution in [2.75, 3.05) is 6.54 Å². The molecular weight excluding hydrogens is 707 g/mol. The van der Waals surface area contributed by atoms with Crippen molar-refractivity contribution in [2.45, 2.75) is 95.2 Å². The van der Waals surface area contributed by atoms with Crippen LogP contribution in [-0.2, 0) is 35.7 Å². The highest BCUT2D eigenvalue weighted by Crippen LogP contribution is 2.55. The van der Waals surface area contributed by atoms with Crippen molar-refractivity contribution >= 4 is 6.03 Å². The fourth-order valence-electron chi connectivity index (χ4n) is 10.7. The Labute approximate surface area is 337 Å². The Bertz CT molecular complexity index is 2010. The number of aliphatic hydroxyl groups is 1. The van der Waals surface area contributed by atoms with E-state index in [-0.39, 0.29) is 30.4 Å². The van der Waals surface area contributed by atoms with Gasteiger partial charge in [-0.2, -0.15) is 0 Å². The number of ether oxygens (including phenoxy) is 2. The lowest BCUT2D eigenvalue weighted by molar-refractivity contribution is -0.253. The van der Waals surface area contributed by atoms with Crippen LogP contribution >= 0.6 is 0 Å². The minimum absolute atomic E-state index is 0.00861. The number of hydrogen-bond acceptors (Lipinski definition) is 5. The molecule has 10 rings (SSSR count). The zero-order chi connectivity index (χ0) is 38.6. The van der Waals surface area contributed by atoms with Crippen molar-refractivity contribution in [1.82, 2.24) is 15.5 Å². The van der Waals surface area contributed by atoms with Crippen molar-refractivity contribution in [3.05, 3.63) is 167 Å². The largest absolute Gasteiger partial charge is 0.392 e. The predicted octanol–water partition coefficient (Wildman–Crippen LogP) is 9.86. The number of rotatable bonds is 13. The minimum atomic E-state index is -0.555. The molecule has 4 aliphatic carbocycles. The Hall–Kier alpha value is -4.79. The summed E-state index contributed by atoms with van der Waals surface area (Å²) >= 11 is 0. The van der Waals surface area contributed by atoms with Crippen molar-refractivity contribution in [2.24, 2.45) is 17.8 Å². The van der Waals surface area contributed by atoms with Gasteiger partial charge in [0.2, 0.25) is 0 Å². The molecule has 4 saturated carbocycles. The summed E-state index contributed by atoms with van der Waals surface area (Å²) in [4.78, 5) is 15.8. The van der Waals surface area contributed by atoms with Crippen LogP contribution in [0.4, 0.5) is 4.79 Å². The second-order valence-electron chi connectivity index (χ2n) is 17.3. The van der Waals surface area contributed by atoms with Crippen LogP contribution in [0.3, 0.4) is 0 Å². The van der Waals surface area contributed by atoms with E-state index in [0.717, 1.165) is 90.0 Å². The van der Waals surface area contributed by atoms with E-state index in [1.165, 1.54) is 30.4 Å². The molecule has 294 valence electrons. The van der Waals surface area contributed by atoms with Gasteiger partial charge in [0.25, 0.3) is 0 Å². The first-order valence-corrected chi connectivity index (χ1v) is 21.0. The third kappa shape index (κ3) is 9.03. The van der Waals surface area contributed by atoms with E-state index in [1.54, 1.807) is 0 Å². The molecule has 0 radical (unpaired) electrons. The number of nitrogens with one attached hydrogen (secondary N) is 2. The van der Waals surface area contributed by atoms with E-state index in [4.69, 9.17) is 9.47 Å². The number of nitrogens with zero attached hydrogens (tertiary/aromatic N) is 1. The number of carbonyl (C=O) groups is 1. The standard InChI is InChI=1S/C50H55N3O4/c54-34-37-15-17-42(18-16-37)47-26-45(33-53(31-35-9-3-1-4-10-35)32-36-11-5-2-6-12-36)56-48(57-47)43-21-19-41(20-22-43)46-14-8-7-13-44(46)30-51-49(55)52-50-27-38-23-39(28-50)25-40(24-38)29-50/h1-22,38-40,45,47-48,54H,23-34H2,(H2,51,52,55)/t38?,39?,40?,45-,47+,48+,50?/m0/s1. The van der Waals surface area contributed by atoms with Gasteiger partial charge in [0.15, 0.2) is 6.29 Å². The summed E-state index contributed by atoms with van der Waals surface area (Å²) in [7, 11) is 0. The summed E-state index contributed by atoms with van der Waals surface area (Å²) in [6, 6.07) is 46.2. The molecule has 1 heterocycles. The van der Waals surface area contributed by atoms with Crippen LogP contribution in [0.1, 0.15) is 90.7 Å². The first-order chi connectivity index (χ1) is 28.0. The lowest BCUT2D eigenvalue weighted by Crippen LogP contribution is -2.61. The van der Waals surface area contributed by atoms with Crippen molar-refractivity contribution in [1.29, 1.82) is 0 Å². The summed E-state index contributed by atoms with van der Waals surface area (Å²) in [5.41, 5.74) is 8.70. The first kappa shape index (κ1) is 37.8. The van der Waals surface area contributed by atoms with Gasteiger partial charge in [-0.15, -0.1) is 0 Å². The third-order valence-corrected chi connectivity index (χ3v) is 12.9. The van der Waals surface area contributed by atoms with E-state index < -0.39 is 6.29 Å². The molecular formula is C50H55N3O4. The van der Waals surface area contributed by atoms with Crippen molar-refractivity contribution in [3.63, 3.8) is 0 Å². The zero-order valence-electron chi connectivity index (χ0n) is 32.8. The maximum atomic E-state index is 13.3. The molecule has 0 spiro atoms.